The Morgan fingerprint density at radius 2 is 1.89 bits per heavy atom. The second kappa shape index (κ2) is 10.2. The van der Waals surface area contributed by atoms with Gasteiger partial charge < -0.3 is 20.3 Å². The first-order chi connectivity index (χ1) is 13.0. The second-order valence-electron chi connectivity index (χ2n) is 6.10. The number of carbonyl (C=O) groups is 2. The monoisotopic (exact) mass is 371 g/mol. The number of benzene rings is 1. The highest BCUT2D eigenvalue weighted by atomic mass is 16.5. The van der Waals surface area contributed by atoms with Gasteiger partial charge in [-0.05, 0) is 64.3 Å². The van der Waals surface area contributed by atoms with E-state index in [4.69, 9.17) is 4.74 Å². The summed E-state index contributed by atoms with van der Waals surface area (Å²) in [5, 5.41) is 5.86. The Kier molecular flexibility index (Phi) is 7.69. The van der Waals surface area contributed by atoms with Gasteiger partial charge in [-0.2, -0.15) is 0 Å². The summed E-state index contributed by atoms with van der Waals surface area (Å²) in [6, 6.07) is 8.33. The molecule has 1 aromatic carbocycles. The smallest absolute Gasteiger partial charge is 0.338 e. The van der Waals surface area contributed by atoms with Crippen molar-refractivity contribution in [1.82, 2.24) is 20.2 Å². The lowest BCUT2D eigenvalue weighted by Gasteiger charge is -2.10. The molecule has 0 aliphatic carbocycles. The average Bonchev–Trinajstić information content (AvgIpc) is 2.66. The Balaban J connectivity index is 1.95. The largest absolute Gasteiger partial charge is 0.462 e. The fraction of sp³-hybridized carbons (Fsp3) is 0.368. The third-order valence-corrected chi connectivity index (χ3v) is 3.61. The average molecular weight is 371 g/mol. The van der Waals surface area contributed by atoms with Gasteiger partial charge in [0, 0.05) is 18.4 Å². The molecule has 1 amide bonds. The van der Waals surface area contributed by atoms with Crippen LogP contribution in [0.3, 0.4) is 0 Å². The third-order valence-electron chi connectivity index (χ3n) is 3.61. The molecule has 144 valence electrons. The summed E-state index contributed by atoms with van der Waals surface area (Å²) in [4.78, 5) is 34.3. The van der Waals surface area contributed by atoms with Gasteiger partial charge in [0.05, 0.1) is 12.2 Å². The molecule has 2 N–H and O–H groups in total. The van der Waals surface area contributed by atoms with Crippen LogP contribution in [0, 0.1) is 0 Å². The first-order valence-electron chi connectivity index (χ1n) is 8.79. The van der Waals surface area contributed by atoms with Gasteiger partial charge in [-0.25, -0.2) is 14.8 Å². The summed E-state index contributed by atoms with van der Waals surface area (Å²) in [5.74, 6) is -0.301. The van der Waals surface area contributed by atoms with Crippen LogP contribution in [0.2, 0.25) is 0 Å². The summed E-state index contributed by atoms with van der Waals surface area (Å²) < 4.78 is 4.95. The zero-order valence-corrected chi connectivity index (χ0v) is 15.9. The van der Waals surface area contributed by atoms with Crippen LogP contribution in [0.5, 0.6) is 0 Å². The third kappa shape index (κ3) is 6.67. The fourth-order valence-electron chi connectivity index (χ4n) is 2.27. The van der Waals surface area contributed by atoms with Crippen molar-refractivity contribution in [2.45, 2.75) is 13.3 Å². The number of amides is 1. The SMILES string of the molecule is CCOC(=O)c1ccc(Nc2nccc(C(=O)NCCCN(C)C)n2)cc1. The Morgan fingerprint density at radius 1 is 1.15 bits per heavy atom. The van der Waals surface area contributed by atoms with Crippen LogP contribution < -0.4 is 10.6 Å². The summed E-state index contributed by atoms with van der Waals surface area (Å²) in [6.07, 6.45) is 2.39. The second-order valence-corrected chi connectivity index (χ2v) is 6.10. The minimum Gasteiger partial charge on any atom is -0.462 e. The molecule has 0 aliphatic rings. The Labute approximate surface area is 159 Å². The normalized spacial score (nSPS) is 10.5. The number of aromatic nitrogens is 2. The van der Waals surface area contributed by atoms with E-state index in [-0.39, 0.29) is 11.9 Å². The Hall–Kier alpha value is -3.00. The van der Waals surface area contributed by atoms with Crippen molar-refractivity contribution in [2.75, 3.05) is 39.1 Å². The summed E-state index contributed by atoms with van der Waals surface area (Å²) in [6.45, 7) is 3.57. The molecule has 0 atom stereocenters. The van der Waals surface area contributed by atoms with Crippen molar-refractivity contribution in [2.24, 2.45) is 0 Å². The summed E-state index contributed by atoms with van der Waals surface area (Å²) in [7, 11) is 3.98. The van der Waals surface area contributed by atoms with Crippen LogP contribution in [-0.2, 0) is 4.74 Å². The molecule has 8 heteroatoms. The van der Waals surface area contributed by atoms with Crippen molar-refractivity contribution in [3.8, 4) is 0 Å². The van der Waals surface area contributed by atoms with Gasteiger partial charge in [-0.15, -0.1) is 0 Å². The molecule has 0 unspecified atom stereocenters. The topological polar surface area (TPSA) is 96.4 Å². The highest BCUT2D eigenvalue weighted by Gasteiger charge is 2.09. The number of esters is 1. The number of ether oxygens (including phenoxy) is 1. The van der Waals surface area contributed by atoms with Crippen LogP contribution in [0.1, 0.15) is 34.2 Å². The highest BCUT2D eigenvalue weighted by Crippen LogP contribution is 2.14. The predicted octanol–water partition coefficient (Wildman–Crippen LogP) is 2.08. The standard InChI is InChI=1S/C19H25N5O3/c1-4-27-18(26)14-6-8-15(9-7-14)22-19-21-12-10-16(23-19)17(25)20-11-5-13-24(2)3/h6-10,12H,4-5,11,13H2,1-3H3,(H,20,25)(H,21,22,23). The zero-order valence-electron chi connectivity index (χ0n) is 15.9. The molecular weight excluding hydrogens is 346 g/mol. The van der Waals surface area contributed by atoms with Gasteiger partial charge in [0.15, 0.2) is 0 Å². The van der Waals surface area contributed by atoms with Crippen molar-refractivity contribution in [3.63, 3.8) is 0 Å². The van der Waals surface area contributed by atoms with E-state index in [9.17, 15) is 9.59 Å². The van der Waals surface area contributed by atoms with Gasteiger partial charge >= 0.3 is 5.97 Å². The molecule has 0 saturated heterocycles. The van der Waals surface area contributed by atoms with E-state index >= 15 is 0 Å². The van der Waals surface area contributed by atoms with E-state index in [1.165, 1.54) is 6.20 Å². The minimum atomic E-state index is -0.367. The van der Waals surface area contributed by atoms with E-state index in [1.54, 1.807) is 37.3 Å². The molecule has 0 aliphatic heterocycles. The molecule has 0 saturated carbocycles. The molecular formula is C19H25N5O3. The molecule has 8 nitrogen and oxygen atoms in total. The summed E-state index contributed by atoms with van der Waals surface area (Å²) >= 11 is 0. The lowest BCUT2D eigenvalue weighted by Crippen LogP contribution is -2.28. The van der Waals surface area contributed by atoms with Gasteiger partial charge in [0.1, 0.15) is 5.69 Å². The molecule has 27 heavy (non-hydrogen) atoms. The van der Waals surface area contributed by atoms with Crippen LogP contribution in [0.25, 0.3) is 0 Å². The highest BCUT2D eigenvalue weighted by molar-refractivity contribution is 5.92. The zero-order chi connectivity index (χ0) is 19.6. The van der Waals surface area contributed by atoms with E-state index in [0.29, 0.717) is 36.0 Å². The molecule has 0 bridgehead atoms. The Bertz CT molecular complexity index is 762. The molecule has 2 rings (SSSR count). The number of nitrogens with one attached hydrogen (secondary N) is 2. The van der Waals surface area contributed by atoms with Gasteiger partial charge in [-0.3, -0.25) is 4.79 Å². The first-order valence-corrected chi connectivity index (χ1v) is 8.79. The molecule has 1 heterocycles. The van der Waals surface area contributed by atoms with Gasteiger partial charge in [0.2, 0.25) is 5.95 Å². The van der Waals surface area contributed by atoms with Crippen LogP contribution in [0.4, 0.5) is 11.6 Å². The fourth-order valence-corrected chi connectivity index (χ4v) is 2.27. The van der Waals surface area contributed by atoms with E-state index in [1.807, 2.05) is 14.1 Å². The number of rotatable bonds is 9. The molecule has 0 radical (unpaired) electrons. The molecule has 0 spiro atoms. The number of nitrogens with zero attached hydrogens (tertiary/aromatic N) is 3. The maximum Gasteiger partial charge on any atom is 0.338 e. The number of anilines is 2. The molecule has 1 aromatic heterocycles. The van der Waals surface area contributed by atoms with Gasteiger partial charge in [0.25, 0.3) is 5.91 Å². The van der Waals surface area contributed by atoms with E-state index in [0.717, 1.165) is 13.0 Å². The van der Waals surface area contributed by atoms with E-state index in [2.05, 4.69) is 25.5 Å². The van der Waals surface area contributed by atoms with Crippen LogP contribution >= 0.6 is 0 Å². The summed E-state index contributed by atoms with van der Waals surface area (Å²) in [5.41, 5.74) is 1.46. The minimum absolute atomic E-state index is 0.239. The molecule has 2 aromatic rings. The van der Waals surface area contributed by atoms with Crippen molar-refractivity contribution in [3.05, 3.63) is 47.8 Å². The maximum atomic E-state index is 12.2. The number of hydrogen-bond donors (Lipinski definition) is 2. The maximum absolute atomic E-state index is 12.2. The van der Waals surface area contributed by atoms with Crippen LogP contribution in [0.15, 0.2) is 36.5 Å². The first kappa shape index (κ1) is 20.3. The van der Waals surface area contributed by atoms with Crippen LogP contribution in [-0.4, -0.2) is 60.5 Å². The van der Waals surface area contributed by atoms with Crippen molar-refractivity contribution < 1.29 is 14.3 Å². The van der Waals surface area contributed by atoms with Crippen molar-refractivity contribution in [1.29, 1.82) is 0 Å². The quantitative estimate of drug-likeness (QED) is 0.514. The molecule has 0 fully saturated rings. The number of carbonyl (C=O) groups excluding carboxylic acids is 2. The van der Waals surface area contributed by atoms with Gasteiger partial charge in [-0.1, -0.05) is 0 Å². The predicted molar refractivity (Wildman–Crippen MR) is 103 cm³/mol. The van der Waals surface area contributed by atoms with E-state index < -0.39 is 0 Å². The lowest BCUT2D eigenvalue weighted by atomic mass is 10.2. The number of hydrogen-bond acceptors (Lipinski definition) is 7. The lowest BCUT2D eigenvalue weighted by molar-refractivity contribution is 0.0526. The van der Waals surface area contributed by atoms with Crippen molar-refractivity contribution >= 4 is 23.5 Å². The Morgan fingerprint density at radius 3 is 2.56 bits per heavy atom.